The quantitative estimate of drug-likeness (QED) is 0.251. The SMILES string of the molecule is CCCS(=O)(=O)Nc1cccc2c(Oc3ncccc3-c3ccnc(N[C@H]4CCCNC4)n3)c(Cl)ccc12. The molecule has 1 fully saturated rings. The number of hydrogen-bond acceptors (Lipinski definition) is 8. The van der Waals surface area contributed by atoms with Crippen molar-refractivity contribution in [2.24, 2.45) is 0 Å². The van der Waals surface area contributed by atoms with Gasteiger partial charge in [-0.15, -0.1) is 0 Å². The van der Waals surface area contributed by atoms with Crippen molar-refractivity contribution in [1.82, 2.24) is 20.3 Å². The van der Waals surface area contributed by atoms with Gasteiger partial charge in [0.15, 0.2) is 5.75 Å². The molecule has 0 saturated carbocycles. The molecule has 9 nitrogen and oxygen atoms in total. The molecule has 198 valence electrons. The lowest BCUT2D eigenvalue weighted by molar-refractivity contribution is 0.470. The van der Waals surface area contributed by atoms with Crippen LogP contribution in [0.1, 0.15) is 26.2 Å². The van der Waals surface area contributed by atoms with E-state index in [4.69, 9.17) is 21.3 Å². The highest BCUT2D eigenvalue weighted by Gasteiger charge is 2.19. The van der Waals surface area contributed by atoms with Crippen LogP contribution in [0.25, 0.3) is 22.0 Å². The molecule has 3 heterocycles. The summed E-state index contributed by atoms with van der Waals surface area (Å²) in [5, 5.41) is 8.48. The first-order chi connectivity index (χ1) is 18.4. The van der Waals surface area contributed by atoms with Crippen molar-refractivity contribution >= 4 is 44.0 Å². The van der Waals surface area contributed by atoms with Gasteiger partial charge in [0.25, 0.3) is 0 Å². The largest absolute Gasteiger partial charge is 0.436 e. The molecule has 0 unspecified atom stereocenters. The highest BCUT2D eigenvalue weighted by molar-refractivity contribution is 7.92. The van der Waals surface area contributed by atoms with Gasteiger partial charge >= 0.3 is 0 Å². The first kappa shape index (κ1) is 26.1. The highest BCUT2D eigenvalue weighted by atomic mass is 35.5. The summed E-state index contributed by atoms with van der Waals surface area (Å²) in [5.74, 6) is 1.27. The molecule has 0 spiro atoms. The number of aromatic nitrogens is 3. The molecule has 11 heteroatoms. The Morgan fingerprint density at radius 2 is 1.97 bits per heavy atom. The van der Waals surface area contributed by atoms with Crippen LogP contribution in [0.5, 0.6) is 11.6 Å². The van der Waals surface area contributed by atoms with Gasteiger partial charge in [0.05, 0.1) is 27.7 Å². The van der Waals surface area contributed by atoms with Crippen LogP contribution in [-0.2, 0) is 10.0 Å². The summed E-state index contributed by atoms with van der Waals surface area (Å²) in [6.07, 6.45) is 6.01. The maximum Gasteiger partial charge on any atom is 0.232 e. The van der Waals surface area contributed by atoms with Gasteiger partial charge in [0, 0.05) is 35.8 Å². The number of halogens is 1. The number of pyridine rings is 1. The number of hydrogen-bond donors (Lipinski definition) is 3. The van der Waals surface area contributed by atoms with Crippen LogP contribution >= 0.6 is 11.6 Å². The Morgan fingerprint density at radius 1 is 1.08 bits per heavy atom. The van der Waals surface area contributed by atoms with Gasteiger partial charge in [-0.1, -0.05) is 36.7 Å². The lowest BCUT2D eigenvalue weighted by Crippen LogP contribution is -2.38. The average Bonchev–Trinajstić information content (AvgIpc) is 2.91. The van der Waals surface area contributed by atoms with E-state index in [9.17, 15) is 8.42 Å². The van der Waals surface area contributed by atoms with E-state index in [0.717, 1.165) is 25.9 Å². The second kappa shape index (κ2) is 11.5. The lowest BCUT2D eigenvalue weighted by Gasteiger charge is -2.23. The van der Waals surface area contributed by atoms with E-state index in [1.165, 1.54) is 0 Å². The molecule has 0 radical (unpaired) electrons. The van der Waals surface area contributed by atoms with Crippen LogP contribution < -0.4 is 20.1 Å². The zero-order valence-electron chi connectivity index (χ0n) is 20.9. The van der Waals surface area contributed by atoms with Gasteiger partial charge in [-0.05, 0) is 56.1 Å². The third kappa shape index (κ3) is 5.98. The maximum absolute atomic E-state index is 12.4. The Bertz CT molecular complexity index is 1540. The fourth-order valence-corrected chi connectivity index (χ4v) is 5.84. The van der Waals surface area contributed by atoms with Crippen molar-refractivity contribution in [3.05, 3.63) is 65.9 Å². The molecule has 4 aromatic rings. The predicted molar refractivity (Wildman–Crippen MR) is 152 cm³/mol. The average molecular weight is 553 g/mol. The number of sulfonamides is 1. The fraction of sp³-hybridized carbons (Fsp3) is 0.296. The summed E-state index contributed by atoms with van der Waals surface area (Å²) >= 11 is 6.59. The van der Waals surface area contributed by atoms with Gasteiger partial charge in [-0.2, -0.15) is 0 Å². The second-order valence-electron chi connectivity index (χ2n) is 9.11. The van der Waals surface area contributed by atoms with E-state index in [0.29, 0.717) is 56.7 Å². The number of fused-ring (bicyclic) bond motifs is 1. The standard InChI is InChI=1S/C27H29ClN6O3S/c1-2-16-38(35,36)34-24-9-3-7-20-19(24)10-11-22(28)25(20)37-26-21(8-5-14-30-26)23-12-15-31-27(33-23)32-18-6-4-13-29-17-18/h3,5,7-12,14-15,18,29,34H,2,4,6,13,16-17H2,1H3,(H,31,32,33)/t18-/m0/s1. The van der Waals surface area contributed by atoms with E-state index >= 15 is 0 Å². The smallest absolute Gasteiger partial charge is 0.232 e. The summed E-state index contributed by atoms with van der Waals surface area (Å²) < 4.78 is 33.9. The van der Waals surface area contributed by atoms with Crippen molar-refractivity contribution in [3.8, 4) is 22.9 Å². The zero-order valence-corrected chi connectivity index (χ0v) is 22.5. The van der Waals surface area contributed by atoms with Gasteiger partial charge in [-0.25, -0.2) is 23.4 Å². The number of nitrogens with zero attached hydrogens (tertiary/aromatic N) is 3. The van der Waals surface area contributed by atoms with Crippen LogP contribution in [0.2, 0.25) is 5.02 Å². The molecular weight excluding hydrogens is 524 g/mol. The van der Waals surface area contributed by atoms with Crippen molar-refractivity contribution in [1.29, 1.82) is 0 Å². The van der Waals surface area contributed by atoms with Crippen LogP contribution in [0.3, 0.4) is 0 Å². The monoisotopic (exact) mass is 552 g/mol. The summed E-state index contributed by atoms with van der Waals surface area (Å²) in [4.78, 5) is 13.6. The number of anilines is 2. The van der Waals surface area contributed by atoms with Crippen molar-refractivity contribution in [3.63, 3.8) is 0 Å². The van der Waals surface area contributed by atoms with Crippen molar-refractivity contribution in [2.45, 2.75) is 32.2 Å². The predicted octanol–water partition coefficient (Wildman–Crippen LogP) is 5.45. The summed E-state index contributed by atoms with van der Waals surface area (Å²) in [6, 6.07) is 14.5. The highest BCUT2D eigenvalue weighted by Crippen LogP contribution is 2.41. The minimum atomic E-state index is -3.48. The number of benzene rings is 2. The van der Waals surface area contributed by atoms with E-state index in [-0.39, 0.29) is 11.8 Å². The third-order valence-corrected chi connectivity index (χ3v) is 8.01. The van der Waals surface area contributed by atoms with Crippen LogP contribution in [0.4, 0.5) is 11.6 Å². The van der Waals surface area contributed by atoms with Gasteiger partial charge in [0.1, 0.15) is 0 Å². The molecule has 0 amide bonds. The molecule has 1 aliphatic heterocycles. The van der Waals surface area contributed by atoms with Gasteiger partial charge in [0.2, 0.25) is 21.9 Å². The first-order valence-corrected chi connectivity index (χ1v) is 14.6. The Labute approximate surface area is 227 Å². The molecule has 0 aliphatic carbocycles. The van der Waals surface area contributed by atoms with Crippen LogP contribution in [-0.4, -0.2) is 48.3 Å². The first-order valence-electron chi connectivity index (χ1n) is 12.6. The Morgan fingerprint density at radius 3 is 2.79 bits per heavy atom. The van der Waals surface area contributed by atoms with Crippen molar-refractivity contribution < 1.29 is 13.2 Å². The number of rotatable bonds is 9. The topological polar surface area (TPSA) is 118 Å². The number of piperidine rings is 1. The molecule has 1 atom stereocenters. The molecule has 1 saturated heterocycles. The number of ether oxygens (including phenoxy) is 1. The van der Waals surface area contributed by atoms with Crippen LogP contribution in [0.15, 0.2) is 60.9 Å². The second-order valence-corrected chi connectivity index (χ2v) is 11.4. The van der Waals surface area contributed by atoms with E-state index < -0.39 is 10.0 Å². The normalized spacial score (nSPS) is 15.8. The Kier molecular flexibility index (Phi) is 7.92. The van der Waals surface area contributed by atoms with Crippen LogP contribution in [0, 0.1) is 0 Å². The fourth-order valence-electron chi connectivity index (χ4n) is 4.48. The minimum Gasteiger partial charge on any atom is -0.436 e. The molecule has 3 N–H and O–H groups in total. The van der Waals surface area contributed by atoms with E-state index in [1.807, 2.05) is 25.1 Å². The molecule has 38 heavy (non-hydrogen) atoms. The summed E-state index contributed by atoms with van der Waals surface area (Å²) in [7, 11) is -3.48. The molecule has 0 bridgehead atoms. The Balaban J connectivity index is 1.49. The van der Waals surface area contributed by atoms with Crippen molar-refractivity contribution in [2.75, 3.05) is 28.9 Å². The third-order valence-electron chi connectivity index (χ3n) is 6.23. The van der Waals surface area contributed by atoms with E-state index in [1.54, 1.807) is 42.7 Å². The summed E-state index contributed by atoms with van der Waals surface area (Å²) in [5.41, 5.74) is 1.79. The van der Waals surface area contributed by atoms with Gasteiger partial charge < -0.3 is 15.4 Å². The number of nitrogens with one attached hydrogen (secondary N) is 3. The molecule has 5 rings (SSSR count). The molecule has 2 aromatic carbocycles. The minimum absolute atomic E-state index is 0.0324. The lowest BCUT2D eigenvalue weighted by atomic mass is 10.1. The molecule has 1 aliphatic rings. The van der Waals surface area contributed by atoms with E-state index in [2.05, 4.69) is 25.3 Å². The molecular formula is C27H29ClN6O3S. The van der Waals surface area contributed by atoms with Gasteiger partial charge in [-0.3, -0.25) is 4.72 Å². The maximum atomic E-state index is 12.4. The Hall–Kier alpha value is -3.47. The summed E-state index contributed by atoms with van der Waals surface area (Å²) in [6.45, 7) is 3.71. The zero-order chi connectivity index (χ0) is 26.5. The molecule has 2 aromatic heterocycles.